The zero-order valence-electron chi connectivity index (χ0n) is 11.0. The van der Waals surface area contributed by atoms with E-state index < -0.39 is 23.1 Å². The third-order valence-electron chi connectivity index (χ3n) is 3.34. The molecule has 0 fully saturated rings. The van der Waals surface area contributed by atoms with Crippen molar-refractivity contribution in [2.24, 2.45) is 0 Å². The van der Waals surface area contributed by atoms with Crippen LogP contribution in [-0.4, -0.2) is 21.0 Å². The second-order valence-electron chi connectivity index (χ2n) is 4.74. The number of hydrogen-bond acceptors (Lipinski definition) is 4. The molecule has 1 aliphatic heterocycles. The number of allylic oxidation sites excluding steroid dienone is 1. The molecule has 112 valence electrons. The highest BCUT2D eigenvalue weighted by Gasteiger charge is 2.28. The Balaban J connectivity index is 2.24. The number of aromatic amines is 2. The Kier molecular flexibility index (Phi) is 3.34. The Bertz CT molecular complexity index is 896. The third kappa shape index (κ3) is 2.42. The predicted molar refractivity (Wildman–Crippen MR) is 80.3 cm³/mol. The molecule has 2 heterocycles. The number of anilines is 1. The molecule has 1 aliphatic rings. The van der Waals surface area contributed by atoms with E-state index in [9.17, 15) is 19.5 Å². The number of rotatable bonds is 2. The Morgan fingerprint density at radius 1 is 1.14 bits per heavy atom. The monoisotopic (exact) mass is 319 g/mol. The van der Waals surface area contributed by atoms with E-state index >= 15 is 0 Å². The summed E-state index contributed by atoms with van der Waals surface area (Å²) in [5.41, 5.74) is -0.478. The Morgan fingerprint density at radius 2 is 1.82 bits per heavy atom. The van der Waals surface area contributed by atoms with Gasteiger partial charge in [-0.15, -0.1) is 0 Å². The van der Waals surface area contributed by atoms with E-state index in [1.165, 1.54) is 6.08 Å². The van der Waals surface area contributed by atoms with Gasteiger partial charge in [-0.05, 0) is 23.8 Å². The third-order valence-corrected chi connectivity index (χ3v) is 3.60. The van der Waals surface area contributed by atoms with Crippen LogP contribution in [0.3, 0.4) is 0 Å². The SMILES string of the molecule is O=C(O)C1=CC(c2ccc(Cl)cc2)c2c([nH]c(=O)[nH]c2=O)N1. The van der Waals surface area contributed by atoms with Crippen molar-refractivity contribution in [3.05, 3.63) is 73.0 Å². The number of aliphatic carboxylic acids is 1. The van der Waals surface area contributed by atoms with Crippen LogP contribution in [0.2, 0.25) is 5.02 Å². The highest BCUT2D eigenvalue weighted by molar-refractivity contribution is 6.30. The molecule has 0 spiro atoms. The summed E-state index contributed by atoms with van der Waals surface area (Å²) in [5.74, 6) is -1.72. The summed E-state index contributed by atoms with van der Waals surface area (Å²) < 4.78 is 0. The first kappa shape index (κ1) is 14.2. The van der Waals surface area contributed by atoms with E-state index in [2.05, 4.69) is 15.3 Å². The maximum absolute atomic E-state index is 12.1. The number of carboxylic acids is 1. The van der Waals surface area contributed by atoms with Crippen molar-refractivity contribution >= 4 is 23.4 Å². The zero-order valence-corrected chi connectivity index (χ0v) is 11.8. The lowest BCUT2D eigenvalue weighted by molar-refractivity contribution is -0.132. The standard InChI is InChI=1S/C14H10ClN3O4/c15-7-3-1-6(2-4-7)8-5-9(13(20)21)16-11-10(8)12(19)18-14(22)17-11/h1-5,8H,(H,20,21)(H3,16,17,18,19,22). The van der Waals surface area contributed by atoms with Gasteiger partial charge in [0, 0.05) is 10.9 Å². The van der Waals surface area contributed by atoms with Gasteiger partial charge in [-0.25, -0.2) is 9.59 Å². The number of fused-ring (bicyclic) bond motifs is 1. The number of hydrogen-bond donors (Lipinski definition) is 4. The van der Waals surface area contributed by atoms with E-state index in [0.29, 0.717) is 10.6 Å². The van der Waals surface area contributed by atoms with Crippen molar-refractivity contribution in [3.8, 4) is 0 Å². The maximum atomic E-state index is 12.1. The van der Waals surface area contributed by atoms with Crippen molar-refractivity contribution in [2.75, 3.05) is 5.32 Å². The van der Waals surface area contributed by atoms with Gasteiger partial charge in [0.2, 0.25) is 0 Å². The summed E-state index contributed by atoms with van der Waals surface area (Å²) in [6, 6.07) is 6.69. The average molecular weight is 320 g/mol. The molecule has 22 heavy (non-hydrogen) atoms. The number of H-pyrrole nitrogens is 2. The molecular weight excluding hydrogens is 310 g/mol. The largest absolute Gasteiger partial charge is 0.477 e. The number of carbonyl (C=O) groups is 1. The molecule has 0 bridgehead atoms. The summed E-state index contributed by atoms with van der Waals surface area (Å²) in [6.45, 7) is 0. The minimum absolute atomic E-state index is 0.0774. The number of nitrogens with one attached hydrogen (secondary N) is 3. The first-order valence-corrected chi connectivity index (χ1v) is 6.67. The number of benzene rings is 1. The van der Waals surface area contributed by atoms with E-state index in [0.717, 1.165) is 0 Å². The molecule has 0 amide bonds. The summed E-state index contributed by atoms with van der Waals surface area (Å²) in [4.78, 5) is 39.3. The van der Waals surface area contributed by atoms with Gasteiger partial charge < -0.3 is 10.4 Å². The fourth-order valence-electron chi connectivity index (χ4n) is 2.38. The molecule has 7 nitrogen and oxygen atoms in total. The first-order chi connectivity index (χ1) is 10.5. The van der Waals surface area contributed by atoms with E-state index in [1.54, 1.807) is 24.3 Å². The predicted octanol–water partition coefficient (Wildman–Crippen LogP) is 1.24. The zero-order chi connectivity index (χ0) is 15.9. The molecule has 1 unspecified atom stereocenters. The summed E-state index contributed by atoms with van der Waals surface area (Å²) in [7, 11) is 0. The molecule has 0 saturated heterocycles. The van der Waals surface area contributed by atoms with Crippen LogP contribution in [-0.2, 0) is 4.79 Å². The van der Waals surface area contributed by atoms with Gasteiger partial charge in [0.05, 0.1) is 5.56 Å². The highest BCUT2D eigenvalue weighted by Crippen LogP contribution is 2.33. The maximum Gasteiger partial charge on any atom is 0.352 e. The van der Waals surface area contributed by atoms with Gasteiger partial charge in [0.1, 0.15) is 11.5 Å². The molecule has 2 aromatic rings. The summed E-state index contributed by atoms with van der Waals surface area (Å²) in [5, 5.41) is 12.3. The Hall–Kier alpha value is -2.80. The van der Waals surface area contributed by atoms with E-state index in [-0.39, 0.29) is 17.1 Å². The summed E-state index contributed by atoms with van der Waals surface area (Å²) in [6.07, 6.45) is 1.42. The number of carboxylic acid groups (broad SMARTS) is 1. The fourth-order valence-corrected chi connectivity index (χ4v) is 2.50. The topological polar surface area (TPSA) is 115 Å². The van der Waals surface area contributed by atoms with Crippen molar-refractivity contribution in [3.63, 3.8) is 0 Å². The van der Waals surface area contributed by atoms with Crippen LogP contribution in [0.15, 0.2) is 45.6 Å². The lowest BCUT2D eigenvalue weighted by Gasteiger charge is -2.23. The van der Waals surface area contributed by atoms with Gasteiger partial charge in [0.25, 0.3) is 5.56 Å². The second kappa shape index (κ2) is 5.19. The second-order valence-corrected chi connectivity index (χ2v) is 5.17. The van der Waals surface area contributed by atoms with Gasteiger partial charge in [-0.1, -0.05) is 23.7 Å². The highest BCUT2D eigenvalue weighted by atomic mass is 35.5. The molecule has 0 saturated carbocycles. The van der Waals surface area contributed by atoms with E-state index in [1.807, 2.05) is 0 Å². The van der Waals surface area contributed by atoms with Crippen LogP contribution in [0.4, 0.5) is 5.82 Å². The quantitative estimate of drug-likeness (QED) is 0.665. The molecule has 0 aliphatic carbocycles. The van der Waals surface area contributed by atoms with Gasteiger partial charge >= 0.3 is 11.7 Å². The number of aromatic nitrogens is 2. The van der Waals surface area contributed by atoms with Crippen LogP contribution >= 0.6 is 11.6 Å². The normalized spacial score (nSPS) is 16.4. The van der Waals surface area contributed by atoms with Crippen LogP contribution < -0.4 is 16.6 Å². The van der Waals surface area contributed by atoms with Gasteiger partial charge in [0.15, 0.2) is 0 Å². The Labute approximate surface area is 128 Å². The van der Waals surface area contributed by atoms with Crippen LogP contribution in [0.1, 0.15) is 17.0 Å². The molecule has 8 heteroatoms. The molecule has 1 aromatic heterocycles. The first-order valence-electron chi connectivity index (χ1n) is 6.30. The lowest BCUT2D eigenvalue weighted by Crippen LogP contribution is -2.32. The molecule has 1 aromatic carbocycles. The molecule has 3 rings (SSSR count). The molecular formula is C14H10ClN3O4. The van der Waals surface area contributed by atoms with Crippen LogP contribution in [0.5, 0.6) is 0 Å². The Morgan fingerprint density at radius 3 is 2.45 bits per heavy atom. The lowest BCUT2D eigenvalue weighted by atomic mass is 9.89. The fraction of sp³-hybridized carbons (Fsp3) is 0.0714. The smallest absolute Gasteiger partial charge is 0.352 e. The van der Waals surface area contributed by atoms with Gasteiger partial charge in [-0.3, -0.25) is 14.8 Å². The van der Waals surface area contributed by atoms with Gasteiger partial charge in [-0.2, -0.15) is 0 Å². The average Bonchev–Trinajstić information content (AvgIpc) is 2.46. The van der Waals surface area contributed by atoms with Crippen molar-refractivity contribution in [1.29, 1.82) is 0 Å². The van der Waals surface area contributed by atoms with Crippen molar-refractivity contribution in [2.45, 2.75) is 5.92 Å². The van der Waals surface area contributed by atoms with Crippen molar-refractivity contribution < 1.29 is 9.90 Å². The molecule has 1 atom stereocenters. The van der Waals surface area contributed by atoms with Crippen molar-refractivity contribution in [1.82, 2.24) is 9.97 Å². The minimum atomic E-state index is -1.19. The molecule has 4 N–H and O–H groups in total. The van der Waals surface area contributed by atoms with E-state index in [4.69, 9.17) is 11.6 Å². The summed E-state index contributed by atoms with van der Waals surface area (Å²) >= 11 is 5.84. The molecule has 0 radical (unpaired) electrons. The number of halogens is 1. The minimum Gasteiger partial charge on any atom is -0.477 e. The van der Waals surface area contributed by atoms with Crippen LogP contribution in [0.25, 0.3) is 0 Å². The van der Waals surface area contributed by atoms with Crippen LogP contribution in [0, 0.1) is 0 Å².